The van der Waals surface area contributed by atoms with Gasteiger partial charge in [0.05, 0.1) is 19.3 Å². The lowest BCUT2D eigenvalue weighted by atomic mass is 10.1. The molecule has 3 N–H and O–H groups in total. The van der Waals surface area contributed by atoms with E-state index in [1.807, 2.05) is 48.5 Å². The van der Waals surface area contributed by atoms with Crippen molar-refractivity contribution >= 4 is 23.7 Å². The molecule has 7 nitrogen and oxygen atoms in total. The van der Waals surface area contributed by atoms with Gasteiger partial charge in [0.25, 0.3) is 0 Å². The first-order valence-corrected chi connectivity index (χ1v) is 16.5. The fraction of sp³-hybridized carbons (Fsp3) is 0.514. The van der Waals surface area contributed by atoms with Gasteiger partial charge in [-0.3, -0.25) is 9.59 Å². The molecule has 0 aliphatic heterocycles. The number of aliphatic hydroxyl groups excluding tert-OH is 1. The number of hydrogen-bond donors (Lipinski definition) is 3. The number of aliphatic hydroxyl groups is 1. The Kier molecular flexibility index (Phi) is 19.8. The van der Waals surface area contributed by atoms with Gasteiger partial charge in [-0.15, -0.1) is 0 Å². The second-order valence-corrected chi connectivity index (χ2v) is 11.2. The highest BCUT2D eigenvalue weighted by molar-refractivity contribution is 6.07. The fourth-order valence-electron chi connectivity index (χ4n) is 4.68. The molecule has 0 bridgehead atoms. The molecule has 0 atom stereocenters. The molecular weight excluding hydrogens is 552 g/mol. The van der Waals surface area contributed by atoms with Crippen LogP contribution in [0.4, 0.5) is 0 Å². The second-order valence-electron chi connectivity index (χ2n) is 11.2. The smallest absolute Gasteiger partial charge is 0.152 e. The van der Waals surface area contributed by atoms with Gasteiger partial charge < -0.3 is 25.2 Å². The SMILES string of the molecule is CCCCCCCCOc1ccc(/C(C=O)=C/NCC(O)CN/C=C(\C=O)c2ccc(OCCCCCCCC)cc2)cc1. The topological polar surface area (TPSA) is 96.9 Å². The molecule has 7 heteroatoms. The van der Waals surface area contributed by atoms with Crippen molar-refractivity contribution in [2.75, 3.05) is 26.3 Å². The van der Waals surface area contributed by atoms with E-state index in [1.165, 1.54) is 64.2 Å². The molecule has 0 aromatic heterocycles. The number of aldehydes is 2. The van der Waals surface area contributed by atoms with E-state index < -0.39 is 6.10 Å². The zero-order chi connectivity index (χ0) is 31.7. The maximum Gasteiger partial charge on any atom is 0.152 e. The highest BCUT2D eigenvalue weighted by Gasteiger charge is 2.06. The van der Waals surface area contributed by atoms with Crippen LogP contribution in [0.3, 0.4) is 0 Å². The van der Waals surface area contributed by atoms with Crippen LogP contribution < -0.4 is 20.1 Å². The van der Waals surface area contributed by atoms with E-state index in [-0.39, 0.29) is 13.1 Å². The van der Waals surface area contributed by atoms with Crippen molar-refractivity contribution in [1.29, 1.82) is 0 Å². The van der Waals surface area contributed by atoms with Crippen LogP contribution in [0.15, 0.2) is 60.9 Å². The van der Waals surface area contributed by atoms with Gasteiger partial charge in [-0.25, -0.2) is 0 Å². The molecule has 0 saturated heterocycles. The molecule has 0 amide bonds. The van der Waals surface area contributed by atoms with Crippen molar-refractivity contribution in [3.05, 3.63) is 72.1 Å². The van der Waals surface area contributed by atoms with E-state index in [2.05, 4.69) is 24.5 Å². The average molecular weight is 607 g/mol. The minimum absolute atomic E-state index is 0.235. The first-order valence-electron chi connectivity index (χ1n) is 16.5. The minimum atomic E-state index is -0.737. The van der Waals surface area contributed by atoms with Crippen LogP contribution in [0.1, 0.15) is 102 Å². The summed E-state index contributed by atoms with van der Waals surface area (Å²) in [6.07, 6.45) is 18.7. The summed E-state index contributed by atoms with van der Waals surface area (Å²) in [5, 5.41) is 16.4. The van der Waals surface area contributed by atoms with Crippen molar-refractivity contribution in [3.8, 4) is 11.5 Å². The Morgan fingerprint density at radius 1 is 0.614 bits per heavy atom. The lowest BCUT2D eigenvalue weighted by molar-refractivity contribution is -0.104. The second kappa shape index (κ2) is 23.8. The molecule has 0 spiro atoms. The van der Waals surface area contributed by atoms with Crippen LogP contribution in [0, 0.1) is 0 Å². The normalized spacial score (nSPS) is 12.4. The number of carbonyl (C=O) groups excluding carboxylic acids is 2. The Morgan fingerprint density at radius 2 is 0.977 bits per heavy atom. The molecule has 2 rings (SSSR count). The van der Waals surface area contributed by atoms with Crippen LogP contribution in [0.2, 0.25) is 0 Å². The van der Waals surface area contributed by atoms with Gasteiger partial charge in [0.15, 0.2) is 12.6 Å². The molecule has 0 heterocycles. The minimum Gasteiger partial charge on any atom is -0.494 e. The lowest BCUT2D eigenvalue weighted by Crippen LogP contribution is -2.32. The third-order valence-corrected chi connectivity index (χ3v) is 7.38. The van der Waals surface area contributed by atoms with Crippen LogP contribution in [0.5, 0.6) is 11.5 Å². The molecule has 0 saturated carbocycles. The third-order valence-electron chi connectivity index (χ3n) is 7.38. The maximum absolute atomic E-state index is 11.7. The molecule has 242 valence electrons. The summed E-state index contributed by atoms with van der Waals surface area (Å²) >= 11 is 0. The fourth-order valence-corrected chi connectivity index (χ4v) is 4.68. The summed E-state index contributed by atoms with van der Waals surface area (Å²) in [7, 11) is 0. The zero-order valence-corrected chi connectivity index (χ0v) is 26.9. The van der Waals surface area contributed by atoms with Gasteiger partial charge in [-0.05, 0) is 48.2 Å². The molecule has 0 aliphatic carbocycles. The highest BCUT2D eigenvalue weighted by Crippen LogP contribution is 2.19. The monoisotopic (exact) mass is 606 g/mol. The van der Waals surface area contributed by atoms with Crippen LogP contribution in [-0.4, -0.2) is 50.1 Å². The largest absolute Gasteiger partial charge is 0.494 e. The molecule has 0 aliphatic rings. The first-order chi connectivity index (χ1) is 21.6. The number of nitrogens with one attached hydrogen (secondary N) is 2. The molecule has 0 unspecified atom stereocenters. The van der Waals surface area contributed by atoms with Crippen LogP contribution in [-0.2, 0) is 9.59 Å². The summed E-state index contributed by atoms with van der Waals surface area (Å²) in [6.45, 7) is 6.29. The van der Waals surface area contributed by atoms with Gasteiger partial charge in [0, 0.05) is 36.6 Å². The highest BCUT2D eigenvalue weighted by atomic mass is 16.5. The number of benzene rings is 2. The predicted molar refractivity (Wildman–Crippen MR) is 181 cm³/mol. The number of hydrogen-bond acceptors (Lipinski definition) is 7. The number of unbranched alkanes of at least 4 members (excludes halogenated alkanes) is 10. The molecule has 0 fully saturated rings. The quantitative estimate of drug-likeness (QED) is 0.0580. The standard InChI is InChI=1S/C37H54N2O5/c1-3-5-7-9-11-13-23-43-36-19-15-31(16-20-36)33(29-40)25-38-27-35(42)28-39-26-34(30-41)32-17-21-37(22-18-32)44-24-14-12-10-8-6-4-2/h15-22,25-26,29-30,35,38-39,42H,3-14,23-24,27-28H2,1-2H3/b33-25+,34-26+. The summed E-state index contributed by atoms with van der Waals surface area (Å²) < 4.78 is 11.6. The van der Waals surface area contributed by atoms with Gasteiger partial charge in [-0.2, -0.15) is 0 Å². The average Bonchev–Trinajstić information content (AvgIpc) is 3.05. The molecule has 2 aromatic rings. The first kappa shape index (κ1) is 36.6. The van der Waals surface area contributed by atoms with Crippen LogP contribution in [0.25, 0.3) is 11.1 Å². The molecule has 2 aromatic carbocycles. The zero-order valence-electron chi connectivity index (χ0n) is 26.9. The van der Waals surface area contributed by atoms with Gasteiger partial charge in [0.2, 0.25) is 0 Å². The predicted octanol–water partition coefficient (Wildman–Crippen LogP) is 7.49. The molecular formula is C37H54N2O5. The Labute approximate surface area is 265 Å². The summed E-state index contributed by atoms with van der Waals surface area (Å²) in [6, 6.07) is 14.9. The van der Waals surface area contributed by atoms with E-state index in [0.29, 0.717) is 24.4 Å². The van der Waals surface area contributed by atoms with Gasteiger partial charge in [-0.1, -0.05) is 102 Å². The number of carbonyl (C=O) groups is 2. The van der Waals surface area contributed by atoms with Crippen molar-refractivity contribution in [3.63, 3.8) is 0 Å². The van der Waals surface area contributed by atoms with Crippen molar-refractivity contribution in [2.45, 2.75) is 97.0 Å². The number of allylic oxidation sites excluding steroid dienone is 2. The van der Waals surface area contributed by atoms with Gasteiger partial charge in [0.1, 0.15) is 11.5 Å². The Bertz CT molecular complexity index is 1010. The molecule has 0 radical (unpaired) electrons. The summed E-state index contributed by atoms with van der Waals surface area (Å²) in [5.74, 6) is 1.58. The van der Waals surface area contributed by atoms with Crippen molar-refractivity contribution < 1.29 is 24.2 Å². The Morgan fingerprint density at radius 3 is 1.34 bits per heavy atom. The van der Waals surface area contributed by atoms with Gasteiger partial charge >= 0.3 is 0 Å². The van der Waals surface area contributed by atoms with E-state index in [4.69, 9.17) is 9.47 Å². The Hall–Kier alpha value is -3.58. The Balaban J connectivity index is 1.71. The summed E-state index contributed by atoms with van der Waals surface area (Å²) in [5.41, 5.74) is 2.50. The van der Waals surface area contributed by atoms with Crippen molar-refractivity contribution in [2.24, 2.45) is 0 Å². The number of ether oxygens (including phenoxy) is 2. The van der Waals surface area contributed by atoms with E-state index in [1.54, 1.807) is 12.4 Å². The van der Waals surface area contributed by atoms with Crippen molar-refractivity contribution in [1.82, 2.24) is 10.6 Å². The number of rotatable bonds is 26. The maximum atomic E-state index is 11.7. The molecule has 44 heavy (non-hydrogen) atoms. The lowest BCUT2D eigenvalue weighted by Gasteiger charge is -2.12. The third kappa shape index (κ3) is 15.8. The van der Waals surface area contributed by atoms with E-state index >= 15 is 0 Å². The van der Waals surface area contributed by atoms with E-state index in [9.17, 15) is 14.7 Å². The van der Waals surface area contributed by atoms with Crippen LogP contribution >= 0.6 is 0 Å². The summed E-state index contributed by atoms with van der Waals surface area (Å²) in [4.78, 5) is 23.3. The van der Waals surface area contributed by atoms with E-state index in [0.717, 1.165) is 48.0 Å².